The zero-order valence-corrected chi connectivity index (χ0v) is 15.7. The van der Waals surface area contributed by atoms with Crippen LogP contribution in [-0.4, -0.2) is 41.2 Å². The lowest BCUT2D eigenvalue weighted by atomic mass is 9.97. The molecule has 0 saturated carbocycles. The van der Waals surface area contributed by atoms with Gasteiger partial charge in [-0.1, -0.05) is 6.07 Å². The number of rotatable bonds is 4. The summed E-state index contributed by atoms with van der Waals surface area (Å²) in [6, 6.07) is 4.23. The van der Waals surface area contributed by atoms with Gasteiger partial charge in [-0.3, -0.25) is 0 Å². The number of pyridine rings is 1. The standard InChI is InChI=1S/C19H31N3O2/c1-6-21(7-2)17-12-11-15(14-20-17)16-10-8-9-13-22(16)18(23)24-19(3,4)5/h11-12,14,16H,6-10,13H2,1-5H3/t16-/m1/s1. The molecule has 0 N–H and O–H groups in total. The Hall–Kier alpha value is -1.78. The molecule has 1 aliphatic rings. The van der Waals surface area contributed by atoms with E-state index in [2.05, 4.69) is 35.9 Å². The van der Waals surface area contributed by atoms with Gasteiger partial charge >= 0.3 is 6.09 Å². The lowest BCUT2D eigenvalue weighted by Crippen LogP contribution is -2.41. The van der Waals surface area contributed by atoms with E-state index >= 15 is 0 Å². The van der Waals surface area contributed by atoms with Crippen LogP contribution in [0.3, 0.4) is 0 Å². The molecule has 134 valence electrons. The maximum absolute atomic E-state index is 12.5. The van der Waals surface area contributed by atoms with Crippen LogP contribution in [0.25, 0.3) is 0 Å². The third-order valence-corrected chi connectivity index (χ3v) is 4.37. The molecule has 1 aromatic rings. The Kier molecular flexibility index (Phi) is 6.08. The molecule has 1 saturated heterocycles. The molecule has 1 aliphatic heterocycles. The molecule has 1 fully saturated rings. The molecule has 0 aliphatic carbocycles. The zero-order valence-electron chi connectivity index (χ0n) is 15.7. The van der Waals surface area contributed by atoms with Crippen molar-refractivity contribution in [1.82, 2.24) is 9.88 Å². The fourth-order valence-corrected chi connectivity index (χ4v) is 3.15. The van der Waals surface area contributed by atoms with E-state index in [0.717, 1.165) is 50.3 Å². The quantitative estimate of drug-likeness (QED) is 0.820. The highest BCUT2D eigenvalue weighted by Gasteiger charge is 2.31. The highest BCUT2D eigenvalue weighted by atomic mass is 16.6. The van der Waals surface area contributed by atoms with Crippen LogP contribution in [0.5, 0.6) is 0 Å². The number of anilines is 1. The number of nitrogens with zero attached hydrogens (tertiary/aromatic N) is 3. The third-order valence-electron chi connectivity index (χ3n) is 4.37. The molecule has 0 unspecified atom stereocenters. The number of hydrogen-bond donors (Lipinski definition) is 0. The minimum absolute atomic E-state index is 0.0619. The van der Waals surface area contributed by atoms with Crippen LogP contribution in [0.15, 0.2) is 18.3 Å². The van der Waals surface area contributed by atoms with Crippen molar-refractivity contribution in [3.8, 4) is 0 Å². The largest absolute Gasteiger partial charge is 0.444 e. The molecule has 2 rings (SSSR count). The Morgan fingerprint density at radius 2 is 2.00 bits per heavy atom. The number of carbonyl (C=O) groups is 1. The number of piperidine rings is 1. The molecule has 5 nitrogen and oxygen atoms in total. The summed E-state index contributed by atoms with van der Waals surface area (Å²) in [7, 11) is 0. The summed E-state index contributed by atoms with van der Waals surface area (Å²) in [5, 5.41) is 0. The van der Waals surface area contributed by atoms with Gasteiger partial charge in [-0.2, -0.15) is 0 Å². The van der Waals surface area contributed by atoms with Gasteiger partial charge in [0.15, 0.2) is 0 Å². The monoisotopic (exact) mass is 333 g/mol. The van der Waals surface area contributed by atoms with E-state index in [1.165, 1.54) is 0 Å². The first-order valence-corrected chi connectivity index (χ1v) is 9.06. The molecule has 0 radical (unpaired) electrons. The predicted molar refractivity (Wildman–Crippen MR) is 97.3 cm³/mol. The van der Waals surface area contributed by atoms with Gasteiger partial charge in [0.1, 0.15) is 11.4 Å². The topological polar surface area (TPSA) is 45.7 Å². The van der Waals surface area contributed by atoms with Gasteiger partial charge in [0, 0.05) is 25.8 Å². The second kappa shape index (κ2) is 7.86. The maximum atomic E-state index is 12.5. The molecule has 2 heterocycles. The second-order valence-electron chi connectivity index (χ2n) is 7.31. The molecule has 24 heavy (non-hydrogen) atoms. The average molecular weight is 333 g/mol. The van der Waals surface area contributed by atoms with Crippen LogP contribution in [0.4, 0.5) is 10.6 Å². The summed E-state index contributed by atoms with van der Waals surface area (Å²) in [4.78, 5) is 21.2. The van der Waals surface area contributed by atoms with Gasteiger partial charge in [0.05, 0.1) is 6.04 Å². The summed E-state index contributed by atoms with van der Waals surface area (Å²) in [5.74, 6) is 0.989. The summed E-state index contributed by atoms with van der Waals surface area (Å²) >= 11 is 0. The van der Waals surface area contributed by atoms with Crippen LogP contribution >= 0.6 is 0 Å². The van der Waals surface area contributed by atoms with E-state index < -0.39 is 5.60 Å². The van der Waals surface area contributed by atoms with Crippen molar-refractivity contribution < 1.29 is 9.53 Å². The lowest BCUT2D eigenvalue weighted by molar-refractivity contribution is 0.00948. The second-order valence-corrected chi connectivity index (χ2v) is 7.31. The minimum Gasteiger partial charge on any atom is -0.444 e. The molecule has 1 amide bonds. The van der Waals surface area contributed by atoms with E-state index in [-0.39, 0.29) is 12.1 Å². The Labute approximate surface area is 146 Å². The fourth-order valence-electron chi connectivity index (χ4n) is 3.15. The van der Waals surface area contributed by atoms with Crippen molar-refractivity contribution in [3.05, 3.63) is 23.9 Å². The van der Waals surface area contributed by atoms with Gasteiger partial charge in [-0.05, 0) is 65.5 Å². The third kappa shape index (κ3) is 4.62. The number of likely N-dealkylation sites (tertiary alicyclic amines) is 1. The predicted octanol–water partition coefficient (Wildman–Crippen LogP) is 4.39. The highest BCUT2D eigenvalue weighted by Crippen LogP contribution is 2.32. The number of carbonyl (C=O) groups excluding carboxylic acids is 1. The summed E-state index contributed by atoms with van der Waals surface area (Å²) < 4.78 is 5.58. The first kappa shape index (κ1) is 18.6. The number of aromatic nitrogens is 1. The average Bonchev–Trinajstić information content (AvgIpc) is 2.55. The maximum Gasteiger partial charge on any atom is 0.410 e. The Bertz CT molecular complexity index is 533. The van der Waals surface area contributed by atoms with Crippen molar-refractivity contribution >= 4 is 11.9 Å². The number of amides is 1. The van der Waals surface area contributed by atoms with Crippen LogP contribution < -0.4 is 4.90 Å². The van der Waals surface area contributed by atoms with Gasteiger partial charge in [-0.15, -0.1) is 0 Å². The van der Waals surface area contributed by atoms with E-state index in [4.69, 9.17) is 4.74 Å². The summed E-state index contributed by atoms with van der Waals surface area (Å²) in [6.07, 6.45) is 4.81. The van der Waals surface area contributed by atoms with Gasteiger partial charge in [0.2, 0.25) is 0 Å². The van der Waals surface area contributed by atoms with Crippen molar-refractivity contribution in [2.45, 2.75) is 65.5 Å². The van der Waals surface area contributed by atoms with E-state index in [1.807, 2.05) is 31.9 Å². The molecule has 0 bridgehead atoms. The fraction of sp³-hybridized carbons (Fsp3) is 0.684. The zero-order chi connectivity index (χ0) is 17.7. The summed E-state index contributed by atoms with van der Waals surface area (Å²) in [5.41, 5.74) is 0.626. The Morgan fingerprint density at radius 1 is 1.29 bits per heavy atom. The van der Waals surface area contributed by atoms with Crippen molar-refractivity contribution in [2.75, 3.05) is 24.5 Å². The van der Waals surface area contributed by atoms with E-state index in [1.54, 1.807) is 0 Å². The first-order chi connectivity index (χ1) is 11.4. The Balaban J connectivity index is 2.16. The van der Waals surface area contributed by atoms with Crippen molar-refractivity contribution in [3.63, 3.8) is 0 Å². The lowest BCUT2D eigenvalue weighted by Gasteiger charge is -2.37. The van der Waals surface area contributed by atoms with Crippen LogP contribution in [0.2, 0.25) is 0 Å². The van der Waals surface area contributed by atoms with E-state index in [9.17, 15) is 4.79 Å². The minimum atomic E-state index is -0.468. The molecule has 1 aromatic heterocycles. The van der Waals surface area contributed by atoms with Gasteiger partial charge < -0.3 is 14.5 Å². The molecule has 1 atom stereocenters. The molecular formula is C19H31N3O2. The molecule has 5 heteroatoms. The normalized spacial score (nSPS) is 18.4. The van der Waals surface area contributed by atoms with Gasteiger partial charge in [-0.25, -0.2) is 9.78 Å². The van der Waals surface area contributed by atoms with Crippen molar-refractivity contribution in [1.29, 1.82) is 0 Å². The van der Waals surface area contributed by atoms with Crippen LogP contribution in [0.1, 0.15) is 65.5 Å². The highest BCUT2D eigenvalue weighted by molar-refractivity contribution is 5.69. The number of hydrogen-bond acceptors (Lipinski definition) is 4. The van der Waals surface area contributed by atoms with Gasteiger partial charge in [0.25, 0.3) is 0 Å². The van der Waals surface area contributed by atoms with Crippen LogP contribution in [0, 0.1) is 0 Å². The van der Waals surface area contributed by atoms with E-state index in [0.29, 0.717) is 0 Å². The molecule has 0 spiro atoms. The van der Waals surface area contributed by atoms with Crippen LogP contribution in [-0.2, 0) is 4.74 Å². The summed E-state index contributed by atoms with van der Waals surface area (Å²) in [6.45, 7) is 12.6. The first-order valence-electron chi connectivity index (χ1n) is 9.06. The smallest absolute Gasteiger partial charge is 0.410 e. The SMILES string of the molecule is CCN(CC)c1ccc([C@H]2CCCCN2C(=O)OC(C)(C)C)cn1. The molecule has 0 aromatic carbocycles. The Morgan fingerprint density at radius 3 is 2.54 bits per heavy atom. The number of ether oxygens (including phenoxy) is 1. The van der Waals surface area contributed by atoms with Crippen molar-refractivity contribution in [2.24, 2.45) is 0 Å². The molecular weight excluding hydrogens is 302 g/mol.